The fourth-order valence-corrected chi connectivity index (χ4v) is 5.86. The van der Waals surface area contributed by atoms with Crippen LogP contribution in [0.5, 0.6) is 0 Å². The standard InChI is InChI=1S/C27H39N3O5.C8H17N.C3H8/c1-6-11-24(21-12-8-7-9-13-21)35-27(34)22-14-10-15-30(22)26(33)20(4)16-23(19(2)3)29(5)25(32)17-28-18-31;1-8(2)9-6-4-3-5-7-9;1-3-2/h7-9,12-13,16,18-19,22-24H,6,10-11,14-15,17H2,1-5H3,(H,28,31);8H,3-7H2,1-2H3;3H2,1-2H3/b20-16+;;/t22-,23+,24?;;/m0../s1. The molecule has 0 saturated carbocycles. The predicted molar refractivity (Wildman–Crippen MR) is 191 cm³/mol. The third kappa shape index (κ3) is 14.6. The van der Waals surface area contributed by atoms with Gasteiger partial charge in [0.1, 0.15) is 12.1 Å². The lowest BCUT2D eigenvalue weighted by Crippen LogP contribution is -2.45. The lowest BCUT2D eigenvalue weighted by atomic mass is 9.99. The number of carbonyl (C=O) groups excluding carboxylic acids is 4. The zero-order chi connectivity index (χ0) is 35.4. The van der Waals surface area contributed by atoms with Crippen molar-refractivity contribution in [2.75, 3.05) is 33.2 Å². The first kappa shape index (κ1) is 41.8. The average Bonchev–Trinajstić information content (AvgIpc) is 3.57. The lowest BCUT2D eigenvalue weighted by Gasteiger charge is -2.30. The number of carbonyl (C=O) groups is 4. The van der Waals surface area contributed by atoms with Crippen LogP contribution in [0, 0.1) is 5.92 Å². The minimum atomic E-state index is -0.623. The van der Waals surface area contributed by atoms with Crippen molar-refractivity contribution < 1.29 is 23.9 Å². The lowest BCUT2D eigenvalue weighted by molar-refractivity contribution is -0.158. The summed E-state index contributed by atoms with van der Waals surface area (Å²) in [4.78, 5) is 55.1. The summed E-state index contributed by atoms with van der Waals surface area (Å²) in [6, 6.07) is 9.49. The van der Waals surface area contributed by atoms with Crippen LogP contribution >= 0.6 is 0 Å². The minimum Gasteiger partial charge on any atom is -0.456 e. The molecule has 1 unspecified atom stereocenters. The van der Waals surface area contributed by atoms with E-state index in [9.17, 15) is 19.2 Å². The molecule has 266 valence electrons. The Bertz CT molecular complexity index is 1080. The summed E-state index contributed by atoms with van der Waals surface area (Å²) in [5.74, 6) is -0.812. The normalized spacial score (nSPS) is 17.9. The number of esters is 1. The van der Waals surface area contributed by atoms with E-state index in [1.54, 1.807) is 24.9 Å². The Morgan fingerprint density at radius 1 is 0.979 bits per heavy atom. The van der Waals surface area contributed by atoms with Crippen LogP contribution in [0.25, 0.3) is 0 Å². The second-order valence-electron chi connectivity index (χ2n) is 13.3. The molecule has 0 radical (unpaired) electrons. The SMILES string of the molecule is CC(C)N1CCCCC1.CCC.CCCC(OC(=O)[C@@H]1CCCN1C(=O)/C(C)=C/[C@H](C(C)C)N(C)C(=O)CNC=O)c1ccccc1. The Kier molecular flexibility index (Phi) is 20.6. The average molecular weight is 657 g/mol. The molecule has 9 heteroatoms. The van der Waals surface area contributed by atoms with Gasteiger partial charge in [0.2, 0.25) is 18.2 Å². The van der Waals surface area contributed by atoms with Crippen LogP contribution in [0.4, 0.5) is 0 Å². The molecule has 2 fully saturated rings. The Balaban J connectivity index is 0.000000771. The van der Waals surface area contributed by atoms with Gasteiger partial charge in [0, 0.05) is 25.2 Å². The first-order chi connectivity index (χ1) is 22.4. The summed E-state index contributed by atoms with van der Waals surface area (Å²) >= 11 is 0. The van der Waals surface area contributed by atoms with Crippen LogP contribution in [0.1, 0.15) is 118 Å². The summed E-state index contributed by atoms with van der Waals surface area (Å²) in [5.41, 5.74) is 1.42. The molecule has 1 aromatic carbocycles. The Morgan fingerprint density at radius 2 is 1.60 bits per heavy atom. The molecule has 3 amide bonds. The van der Waals surface area contributed by atoms with Crippen LogP contribution in [0.3, 0.4) is 0 Å². The van der Waals surface area contributed by atoms with Gasteiger partial charge >= 0.3 is 5.97 Å². The number of likely N-dealkylation sites (tertiary alicyclic amines) is 2. The number of nitrogens with one attached hydrogen (secondary N) is 1. The van der Waals surface area contributed by atoms with Crippen LogP contribution < -0.4 is 5.32 Å². The third-order valence-electron chi connectivity index (χ3n) is 8.51. The van der Waals surface area contributed by atoms with Crippen molar-refractivity contribution in [2.45, 2.75) is 131 Å². The third-order valence-corrected chi connectivity index (χ3v) is 8.51. The van der Waals surface area contributed by atoms with Crippen LogP contribution in [0.2, 0.25) is 0 Å². The molecule has 9 nitrogen and oxygen atoms in total. The van der Waals surface area contributed by atoms with E-state index in [2.05, 4.69) is 37.9 Å². The van der Waals surface area contributed by atoms with Crippen molar-refractivity contribution in [1.82, 2.24) is 20.0 Å². The van der Waals surface area contributed by atoms with Gasteiger partial charge in [0.25, 0.3) is 0 Å². The molecular formula is C38H64N4O5. The number of hydrogen-bond acceptors (Lipinski definition) is 6. The van der Waals surface area contributed by atoms with Crippen LogP contribution in [0.15, 0.2) is 42.0 Å². The highest BCUT2D eigenvalue weighted by Gasteiger charge is 2.37. The summed E-state index contributed by atoms with van der Waals surface area (Å²) < 4.78 is 5.91. The first-order valence-corrected chi connectivity index (χ1v) is 17.8. The second kappa shape index (κ2) is 23.2. The monoisotopic (exact) mass is 656 g/mol. The van der Waals surface area contributed by atoms with Gasteiger partial charge in [-0.25, -0.2) is 4.79 Å². The smallest absolute Gasteiger partial charge is 0.329 e. The van der Waals surface area contributed by atoms with Gasteiger partial charge in [0.05, 0.1) is 12.6 Å². The van der Waals surface area contributed by atoms with Crippen molar-refractivity contribution in [2.24, 2.45) is 5.92 Å². The summed E-state index contributed by atoms with van der Waals surface area (Å²) in [6.45, 7) is 19.5. The van der Waals surface area contributed by atoms with E-state index in [4.69, 9.17) is 4.74 Å². The van der Waals surface area contributed by atoms with E-state index < -0.39 is 6.04 Å². The molecule has 1 aromatic rings. The molecule has 0 bridgehead atoms. The van der Waals surface area contributed by atoms with E-state index in [0.29, 0.717) is 31.4 Å². The van der Waals surface area contributed by atoms with Crippen LogP contribution in [-0.2, 0) is 23.9 Å². The van der Waals surface area contributed by atoms with Gasteiger partial charge in [0.15, 0.2) is 0 Å². The molecule has 47 heavy (non-hydrogen) atoms. The number of rotatable bonds is 13. The maximum absolute atomic E-state index is 13.4. The van der Waals surface area contributed by atoms with Crippen LogP contribution in [-0.4, -0.2) is 90.2 Å². The van der Waals surface area contributed by atoms with Gasteiger partial charge in [-0.2, -0.15) is 0 Å². The summed E-state index contributed by atoms with van der Waals surface area (Å²) in [6.07, 6.45) is 10.3. The fraction of sp³-hybridized carbons (Fsp3) is 0.684. The van der Waals surface area contributed by atoms with Crippen molar-refractivity contribution in [3.8, 4) is 0 Å². The van der Waals surface area contributed by atoms with E-state index in [-0.39, 0.29) is 42.4 Å². The molecular weight excluding hydrogens is 592 g/mol. The van der Waals surface area contributed by atoms with Crippen molar-refractivity contribution in [1.29, 1.82) is 0 Å². The molecule has 2 aliphatic rings. The van der Waals surface area contributed by atoms with E-state index in [1.165, 1.54) is 43.7 Å². The number of benzene rings is 1. The second-order valence-corrected chi connectivity index (χ2v) is 13.3. The number of hydrogen-bond donors (Lipinski definition) is 1. The largest absolute Gasteiger partial charge is 0.456 e. The quantitative estimate of drug-likeness (QED) is 0.147. The maximum atomic E-state index is 13.4. The molecule has 1 N–H and O–H groups in total. The highest BCUT2D eigenvalue weighted by atomic mass is 16.5. The highest BCUT2D eigenvalue weighted by molar-refractivity contribution is 5.96. The molecule has 2 heterocycles. The Hall–Kier alpha value is -3.20. The predicted octanol–water partition coefficient (Wildman–Crippen LogP) is 6.53. The van der Waals surface area contributed by atoms with Crippen molar-refractivity contribution in [3.63, 3.8) is 0 Å². The topological polar surface area (TPSA) is 99.3 Å². The Morgan fingerprint density at radius 3 is 2.11 bits per heavy atom. The summed E-state index contributed by atoms with van der Waals surface area (Å²) in [7, 11) is 1.65. The molecule has 0 spiro atoms. The number of amides is 3. The zero-order valence-electron chi connectivity index (χ0n) is 30.8. The highest BCUT2D eigenvalue weighted by Crippen LogP contribution is 2.27. The molecule has 0 aliphatic carbocycles. The number of nitrogens with zero attached hydrogens (tertiary/aromatic N) is 3. The maximum Gasteiger partial charge on any atom is 0.329 e. The zero-order valence-corrected chi connectivity index (χ0v) is 30.8. The van der Waals surface area contributed by atoms with Gasteiger partial charge < -0.3 is 24.8 Å². The molecule has 0 aromatic heterocycles. The van der Waals surface area contributed by atoms with Gasteiger partial charge in [-0.15, -0.1) is 0 Å². The minimum absolute atomic E-state index is 0.0444. The summed E-state index contributed by atoms with van der Waals surface area (Å²) in [5, 5.41) is 2.38. The fourth-order valence-electron chi connectivity index (χ4n) is 5.86. The number of piperidine rings is 1. The van der Waals surface area contributed by atoms with E-state index >= 15 is 0 Å². The number of likely N-dealkylation sites (N-methyl/N-ethyl adjacent to an activating group) is 1. The van der Waals surface area contributed by atoms with Crippen molar-refractivity contribution in [3.05, 3.63) is 47.5 Å². The molecule has 2 saturated heterocycles. The molecule has 2 aliphatic heterocycles. The first-order valence-electron chi connectivity index (χ1n) is 17.8. The van der Waals surface area contributed by atoms with E-state index in [0.717, 1.165) is 24.4 Å². The molecule has 3 atom stereocenters. The van der Waals surface area contributed by atoms with E-state index in [1.807, 2.05) is 51.1 Å². The number of ether oxygens (including phenoxy) is 1. The molecule has 3 rings (SSSR count). The van der Waals surface area contributed by atoms with Gasteiger partial charge in [-0.3, -0.25) is 14.4 Å². The van der Waals surface area contributed by atoms with Gasteiger partial charge in [-0.05, 0) is 77.4 Å². The Labute approximate surface area is 285 Å². The van der Waals surface area contributed by atoms with Crippen molar-refractivity contribution >= 4 is 24.2 Å². The van der Waals surface area contributed by atoms with Gasteiger partial charge in [-0.1, -0.05) is 90.3 Å².